The topological polar surface area (TPSA) is 93.6 Å². The summed E-state index contributed by atoms with van der Waals surface area (Å²) in [7, 11) is -0.471. The Morgan fingerprint density at radius 3 is 2.44 bits per heavy atom. The van der Waals surface area contributed by atoms with Gasteiger partial charge < -0.3 is 19.6 Å². The smallest absolute Gasteiger partial charge is 0.200 e. The van der Waals surface area contributed by atoms with Gasteiger partial charge in [0.25, 0.3) is 0 Å². The Hall–Kier alpha value is -1.36. The summed E-state index contributed by atoms with van der Waals surface area (Å²) in [6, 6.07) is 1.95. The van der Waals surface area contributed by atoms with Crippen molar-refractivity contribution >= 4 is 43.4 Å². The average molecular weight is 554 g/mol. The van der Waals surface area contributed by atoms with Crippen LogP contribution in [-0.2, 0) is 15.8 Å². The van der Waals surface area contributed by atoms with E-state index in [1.807, 2.05) is 6.07 Å². The van der Waals surface area contributed by atoms with Gasteiger partial charge >= 0.3 is 0 Å². The Labute approximate surface area is 225 Å². The number of hydrogen-bond acceptors (Lipinski definition) is 8. The van der Waals surface area contributed by atoms with Crippen molar-refractivity contribution in [3.8, 4) is 10.7 Å². The van der Waals surface area contributed by atoms with Gasteiger partial charge in [0, 0.05) is 37.4 Å². The van der Waals surface area contributed by atoms with Gasteiger partial charge in [0.1, 0.15) is 5.82 Å². The molecule has 1 aliphatic rings. The number of aromatic nitrogens is 2. The first-order chi connectivity index (χ1) is 17.1. The highest BCUT2D eigenvalue weighted by atomic mass is 35.5. The van der Waals surface area contributed by atoms with Gasteiger partial charge in [-0.2, -0.15) is 0 Å². The minimum absolute atomic E-state index is 0.0277. The standard InChI is InChI=1S/C26H40ClN3O4SSi/c1-15(2)36(16(3)4,17(5)6)34-22-10-21(8-18(22)12-31)29-25-20(13-32)11-28-26(30-25)23-9-19(14-33-7)24(27)35-23/h9,11,13,15-18,21-22,31H,8,10,12,14H2,1-7H3,(H,28,29,30)/t18-,21-,22+/m1/s1. The minimum Gasteiger partial charge on any atom is -0.413 e. The molecule has 36 heavy (non-hydrogen) atoms. The van der Waals surface area contributed by atoms with Gasteiger partial charge in [-0.15, -0.1) is 11.3 Å². The van der Waals surface area contributed by atoms with Gasteiger partial charge in [-0.1, -0.05) is 53.1 Å². The van der Waals surface area contributed by atoms with E-state index >= 15 is 0 Å². The van der Waals surface area contributed by atoms with Crippen molar-refractivity contribution in [2.75, 3.05) is 19.0 Å². The highest BCUT2D eigenvalue weighted by Crippen LogP contribution is 2.46. The number of anilines is 1. The third kappa shape index (κ3) is 6.02. The molecule has 0 aromatic carbocycles. The van der Waals surface area contributed by atoms with Crippen LogP contribution in [0.5, 0.6) is 0 Å². The molecule has 1 aliphatic carbocycles. The number of nitrogens with one attached hydrogen (secondary N) is 1. The van der Waals surface area contributed by atoms with Crippen molar-refractivity contribution in [2.24, 2.45) is 5.92 Å². The first-order valence-electron chi connectivity index (χ1n) is 12.7. The molecule has 1 saturated carbocycles. The first kappa shape index (κ1) is 29.2. The Morgan fingerprint density at radius 1 is 1.22 bits per heavy atom. The van der Waals surface area contributed by atoms with Crippen LogP contribution in [0, 0.1) is 5.92 Å². The zero-order chi connectivity index (χ0) is 26.6. The third-order valence-electron chi connectivity index (χ3n) is 7.49. The summed E-state index contributed by atoms with van der Waals surface area (Å²) in [4.78, 5) is 21.7. The van der Waals surface area contributed by atoms with Crippen molar-refractivity contribution in [1.29, 1.82) is 0 Å². The van der Waals surface area contributed by atoms with Crippen LogP contribution in [0.1, 0.15) is 70.3 Å². The SMILES string of the molecule is COCc1cc(-c2ncc(C=O)c(N[C@@H]3C[C@H](CO)[C@@H](O[Si](C(C)C)(C(C)C)C(C)C)C3)n2)sc1Cl. The second kappa shape index (κ2) is 12.5. The van der Waals surface area contributed by atoms with Crippen molar-refractivity contribution in [2.45, 2.75) is 89.8 Å². The number of aliphatic hydroxyl groups is 1. The number of thiophene rings is 1. The molecule has 0 spiro atoms. The van der Waals surface area contributed by atoms with E-state index in [2.05, 4.69) is 56.8 Å². The lowest BCUT2D eigenvalue weighted by molar-refractivity contribution is 0.0941. The Bertz CT molecular complexity index is 1010. The fraction of sp³-hybridized carbons (Fsp3) is 0.654. The van der Waals surface area contributed by atoms with Crippen LogP contribution >= 0.6 is 22.9 Å². The van der Waals surface area contributed by atoms with E-state index in [0.717, 1.165) is 29.6 Å². The number of ether oxygens (including phenoxy) is 1. The Morgan fingerprint density at radius 2 is 1.89 bits per heavy atom. The molecule has 0 saturated heterocycles. The van der Waals surface area contributed by atoms with Gasteiger partial charge in [0.15, 0.2) is 12.1 Å². The Kier molecular flexibility index (Phi) is 10.1. The van der Waals surface area contributed by atoms with Gasteiger partial charge in [0.05, 0.1) is 27.5 Å². The number of methoxy groups -OCH3 is 1. The van der Waals surface area contributed by atoms with Crippen LogP contribution in [0.2, 0.25) is 21.0 Å². The van der Waals surface area contributed by atoms with E-state index in [1.54, 1.807) is 13.3 Å². The van der Waals surface area contributed by atoms with Crippen molar-refractivity contribution < 1.29 is 19.1 Å². The number of carbonyl (C=O) groups excluding carboxylic acids is 1. The zero-order valence-electron chi connectivity index (χ0n) is 22.4. The largest absolute Gasteiger partial charge is 0.413 e. The second-order valence-electron chi connectivity index (χ2n) is 10.7. The van der Waals surface area contributed by atoms with Crippen LogP contribution in [0.4, 0.5) is 5.82 Å². The molecule has 10 heteroatoms. The molecule has 0 amide bonds. The summed E-state index contributed by atoms with van der Waals surface area (Å²) in [5, 5.41) is 13.7. The van der Waals surface area contributed by atoms with Crippen LogP contribution in [0.15, 0.2) is 12.3 Å². The molecule has 3 rings (SSSR count). The first-order valence-corrected chi connectivity index (χ1v) is 16.1. The number of aldehydes is 1. The molecule has 7 nitrogen and oxygen atoms in total. The van der Waals surface area contributed by atoms with Gasteiger partial charge in [-0.25, -0.2) is 9.97 Å². The average Bonchev–Trinajstić information content (AvgIpc) is 3.39. The highest BCUT2D eigenvalue weighted by Gasteiger charge is 2.49. The molecule has 0 unspecified atom stereocenters. The molecule has 3 atom stereocenters. The predicted molar refractivity (Wildman–Crippen MR) is 150 cm³/mol. The van der Waals surface area contributed by atoms with Crippen molar-refractivity contribution in [1.82, 2.24) is 9.97 Å². The van der Waals surface area contributed by atoms with E-state index in [0.29, 0.717) is 44.8 Å². The lowest BCUT2D eigenvalue weighted by Gasteiger charge is -2.45. The summed E-state index contributed by atoms with van der Waals surface area (Å²) in [5.74, 6) is 1.04. The molecule has 2 N–H and O–H groups in total. The van der Waals surface area contributed by atoms with Crippen LogP contribution < -0.4 is 5.32 Å². The van der Waals surface area contributed by atoms with Crippen LogP contribution in [0.25, 0.3) is 10.7 Å². The van der Waals surface area contributed by atoms with Crippen LogP contribution in [-0.4, -0.2) is 55.5 Å². The molecule has 0 aliphatic heterocycles. The molecule has 2 heterocycles. The maximum Gasteiger partial charge on any atom is 0.200 e. The minimum atomic E-state index is -2.10. The monoisotopic (exact) mass is 553 g/mol. The fourth-order valence-corrected chi connectivity index (χ4v) is 12.7. The summed E-state index contributed by atoms with van der Waals surface area (Å²) in [5.41, 5.74) is 2.69. The molecular weight excluding hydrogens is 514 g/mol. The lowest BCUT2D eigenvalue weighted by Crippen LogP contribution is -2.51. The normalized spacial score (nSPS) is 20.6. The maximum absolute atomic E-state index is 11.8. The molecule has 1 fully saturated rings. The van der Waals surface area contributed by atoms with Gasteiger partial charge in [-0.05, 0) is 35.5 Å². The zero-order valence-corrected chi connectivity index (χ0v) is 24.9. The quantitative estimate of drug-likeness (QED) is 0.227. The van der Waals surface area contributed by atoms with Crippen molar-refractivity contribution in [3.63, 3.8) is 0 Å². The van der Waals surface area contributed by atoms with Gasteiger partial charge in [0.2, 0.25) is 8.32 Å². The molecule has 2 aromatic heterocycles. The van der Waals surface area contributed by atoms with E-state index in [4.69, 9.17) is 20.8 Å². The predicted octanol–water partition coefficient (Wildman–Crippen LogP) is 6.56. The Balaban J connectivity index is 1.84. The molecule has 0 bridgehead atoms. The number of rotatable bonds is 12. The van der Waals surface area contributed by atoms with E-state index < -0.39 is 8.32 Å². The van der Waals surface area contributed by atoms with Crippen molar-refractivity contribution in [3.05, 3.63) is 27.7 Å². The number of aliphatic hydroxyl groups excluding tert-OH is 1. The molecule has 2 aromatic rings. The number of hydrogen-bond donors (Lipinski definition) is 2. The summed E-state index contributed by atoms with van der Waals surface area (Å²) >= 11 is 7.74. The highest BCUT2D eigenvalue weighted by molar-refractivity contribution is 7.19. The summed E-state index contributed by atoms with van der Waals surface area (Å²) < 4.78 is 12.9. The van der Waals surface area contributed by atoms with E-state index in [-0.39, 0.29) is 24.7 Å². The molecular formula is C26H40ClN3O4SSi. The second-order valence-corrected chi connectivity index (χ2v) is 17.7. The van der Waals surface area contributed by atoms with E-state index in [1.165, 1.54) is 11.3 Å². The number of nitrogens with zero attached hydrogens (tertiary/aromatic N) is 2. The fourth-order valence-electron chi connectivity index (χ4n) is 5.89. The maximum atomic E-state index is 11.8. The number of halogens is 1. The van der Waals surface area contributed by atoms with E-state index in [9.17, 15) is 9.90 Å². The molecule has 0 radical (unpaired) electrons. The number of carbonyl (C=O) groups is 1. The van der Waals surface area contributed by atoms with Crippen LogP contribution in [0.3, 0.4) is 0 Å². The lowest BCUT2D eigenvalue weighted by atomic mass is 10.1. The summed E-state index contributed by atoms with van der Waals surface area (Å²) in [6.45, 7) is 14.1. The summed E-state index contributed by atoms with van der Waals surface area (Å²) in [6.07, 6.45) is 3.79. The van der Waals surface area contributed by atoms with Gasteiger partial charge in [-0.3, -0.25) is 4.79 Å². The third-order valence-corrected chi connectivity index (χ3v) is 15.1. The molecule has 200 valence electrons.